The summed E-state index contributed by atoms with van der Waals surface area (Å²) in [6, 6.07) is 13.7. The highest BCUT2D eigenvalue weighted by molar-refractivity contribution is 7.85. The van der Waals surface area contributed by atoms with Crippen LogP contribution in [-0.4, -0.2) is 17.3 Å². The zero-order valence-electron chi connectivity index (χ0n) is 11.2. The zero-order valence-corrected chi connectivity index (χ0v) is 12.0. The highest BCUT2D eigenvalue weighted by Gasteiger charge is 2.08. The molecule has 4 nitrogen and oxygen atoms in total. The molecule has 0 spiro atoms. The molecule has 0 aliphatic carbocycles. The summed E-state index contributed by atoms with van der Waals surface area (Å²) in [7, 11) is 0.309. The van der Waals surface area contributed by atoms with Gasteiger partial charge >= 0.3 is 5.97 Å². The second-order valence-corrected chi connectivity index (χ2v) is 5.49. The number of hydrogen-bond acceptors (Lipinski definition) is 4. The van der Waals surface area contributed by atoms with Gasteiger partial charge < -0.3 is 9.47 Å². The van der Waals surface area contributed by atoms with E-state index in [0.29, 0.717) is 15.5 Å². The molecule has 0 radical (unpaired) electrons. The van der Waals surface area contributed by atoms with E-state index in [-0.39, 0.29) is 5.97 Å². The summed E-state index contributed by atoms with van der Waals surface area (Å²) in [6.45, 7) is 1.34. The number of benzene rings is 2. The molecule has 1 unspecified atom stereocenters. The molecule has 2 aromatic carbocycles. The lowest BCUT2D eigenvalue weighted by atomic mass is 10.3. The van der Waals surface area contributed by atoms with Gasteiger partial charge in [0, 0.05) is 16.7 Å². The quantitative estimate of drug-likeness (QED) is 0.642. The third kappa shape index (κ3) is 3.45. The van der Waals surface area contributed by atoms with Crippen molar-refractivity contribution < 1.29 is 18.5 Å². The monoisotopic (exact) mass is 290 g/mol. The van der Waals surface area contributed by atoms with E-state index in [4.69, 9.17) is 9.47 Å². The second kappa shape index (κ2) is 6.34. The Morgan fingerprint density at radius 3 is 1.75 bits per heavy atom. The van der Waals surface area contributed by atoms with Crippen LogP contribution in [0.4, 0.5) is 0 Å². The predicted molar refractivity (Wildman–Crippen MR) is 75.4 cm³/mol. The van der Waals surface area contributed by atoms with Crippen molar-refractivity contribution >= 4 is 16.8 Å². The number of rotatable bonds is 4. The van der Waals surface area contributed by atoms with Gasteiger partial charge in [0.25, 0.3) is 0 Å². The lowest BCUT2D eigenvalue weighted by Crippen LogP contribution is -2.01. The van der Waals surface area contributed by atoms with Gasteiger partial charge in [0.1, 0.15) is 11.5 Å². The lowest BCUT2D eigenvalue weighted by molar-refractivity contribution is -0.131. The molecule has 2 rings (SSSR count). The number of carbonyl (C=O) groups is 1. The molecule has 5 heteroatoms. The molecule has 1 atom stereocenters. The molecule has 2 aromatic rings. The van der Waals surface area contributed by atoms with Crippen LogP contribution >= 0.6 is 0 Å². The number of carbonyl (C=O) groups excluding carboxylic acids is 1. The van der Waals surface area contributed by atoms with E-state index >= 15 is 0 Å². The van der Waals surface area contributed by atoms with E-state index in [0.717, 1.165) is 5.75 Å². The Bertz CT molecular complexity index is 617. The summed E-state index contributed by atoms with van der Waals surface area (Å²) in [5.74, 6) is 0.776. The first kappa shape index (κ1) is 14.3. The van der Waals surface area contributed by atoms with Gasteiger partial charge in [0.15, 0.2) is 0 Å². The molecule has 104 valence electrons. The Morgan fingerprint density at radius 2 is 1.35 bits per heavy atom. The number of ether oxygens (including phenoxy) is 2. The van der Waals surface area contributed by atoms with Gasteiger partial charge in [-0.1, -0.05) is 0 Å². The summed E-state index contributed by atoms with van der Waals surface area (Å²) < 4.78 is 22.3. The smallest absolute Gasteiger partial charge is 0.308 e. The summed E-state index contributed by atoms with van der Waals surface area (Å²) in [5, 5.41) is 0. The van der Waals surface area contributed by atoms with Crippen molar-refractivity contribution in [2.24, 2.45) is 0 Å². The molecule has 0 aliphatic heterocycles. The average molecular weight is 290 g/mol. The molecule has 0 amide bonds. The molecule has 0 heterocycles. The van der Waals surface area contributed by atoms with E-state index in [1.54, 1.807) is 55.6 Å². The Morgan fingerprint density at radius 1 is 0.900 bits per heavy atom. The van der Waals surface area contributed by atoms with Crippen molar-refractivity contribution in [3.8, 4) is 11.5 Å². The van der Waals surface area contributed by atoms with Gasteiger partial charge in [-0.3, -0.25) is 4.79 Å². The first-order valence-electron chi connectivity index (χ1n) is 5.94. The first-order chi connectivity index (χ1) is 9.60. The van der Waals surface area contributed by atoms with Crippen LogP contribution in [0.2, 0.25) is 0 Å². The van der Waals surface area contributed by atoms with Crippen LogP contribution in [0, 0.1) is 0 Å². The fourth-order valence-corrected chi connectivity index (χ4v) is 2.67. The van der Waals surface area contributed by atoms with Crippen molar-refractivity contribution in [3.63, 3.8) is 0 Å². The second-order valence-electron chi connectivity index (χ2n) is 4.01. The van der Waals surface area contributed by atoms with Crippen LogP contribution in [0.15, 0.2) is 58.3 Å². The highest BCUT2D eigenvalue weighted by Crippen LogP contribution is 2.21. The van der Waals surface area contributed by atoms with E-state index in [9.17, 15) is 9.00 Å². The van der Waals surface area contributed by atoms with Crippen molar-refractivity contribution in [3.05, 3.63) is 48.5 Å². The van der Waals surface area contributed by atoms with Gasteiger partial charge in [0.2, 0.25) is 0 Å². The number of methoxy groups -OCH3 is 1. The van der Waals surface area contributed by atoms with Gasteiger partial charge in [-0.05, 0) is 48.5 Å². The van der Waals surface area contributed by atoms with Crippen molar-refractivity contribution in [2.75, 3.05) is 7.11 Å². The SMILES string of the molecule is COc1ccc(S(=O)c2ccc(OC(C)=O)cc2)cc1. The van der Waals surface area contributed by atoms with Gasteiger partial charge in [-0.15, -0.1) is 0 Å². The van der Waals surface area contributed by atoms with E-state index in [1.807, 2.05) is 0 Å². The fourth-order valence-electron chi connectivity index (χ4n) is 1.63. The molecule has 0 N–H and O–H groups in total. The average Bonchev–Trinajstić information content (AvgIpc) is 2.47. The van der Waals surface area contributed by atoms with Crippen LogP contribution in [0.25, 0.3) is 0 Å². The number of hydrogen-bond donors (Lipinski definition) is 0. The zero-order chi connectivity index (χ0) is 14.5. The molecular formula is C15H14O4S. The largest absolute Gasteiger partial charge is 0.497 e. The lowest BCUT2D eigenvalue weighted by Gasteiger charge is -2.05. The summed E-state index contributed by atoms with van der Waals surface area (Å²) in [5.41, 5.74) is 0. The van der Waals surface area contributed by atoms with Crippen LogP contribution in [0.1, 0.15) is 6.92 Å². The van der Waals surface area contributed by atoms with Gasteiger partial charge in [-0.25, -0.2) is 4.21 Å². The third-order valence-electron chi connectivity index (χ3n) is 2.57. The van der Waals surface area contributed by atoms with Crippen LogP contribution in [0.3, 0.4) is 0 Å². The molecule has 0 aromatic heterocycles. The minimum absolute atomic E-state index is 0.381. The third-order valence-corrected chi connectivity index (χ3v) is 3.97. The first-order valence-corrected chi connectivity index (χ1v) is 7.09. The standard InChI is InChI=1S/C15H14O4S/c1-11(16)19-13-5-9-15(10-6-13)20(17)14-7-3-12(18-2)4-8-14/h3-10H,1-2H3. The molecular weight excluding hydrogens is 276 g/mol. The summed E-state index contributed by atoms with van der Waals surface area (Å²) >= 11 is 0. The van der Waals surface area contributed by atoms with E-state index in [1.165, 1.54) is 6.92 Å². The molecule has 0 saturated heterocycles. The van der Waals surface area contributed by atoms with Crippen molar-refractivity contribution in [2.45, 2.75) is 16.7 Å². The molecule has 20 heavy (non-hydrogen) atoms. The Labute approximate surface area is 119 Å². The molecule has 0 saturated carbocycles. The maximum absolute atomic E-state index is 12.3. The summed E-state index contributed by atoms with van der Waals surface area (Å²) in [6.07, 6.45) is 0. The van der Waals surface area contributed by atoms with Gasteiger partial charge in [-0.2, -0.15) is 0 Å². The summed E-state index contributed by atoms with van der Waals surface area (Å²) in [4.78, 5) is 12.2. The molecule has 0 fully saturated rings. The fraction of sp³-hybridized carbons (Fsp3) is 0.133. The molecule has 0 bridgehead atoms. The Kier molecular flexibility index (Phi) is 4.53. The van der Waals surface area contributed by atoms with Crippen molar-refractivity contribution in [1.82, 2.24) is 0 Å². The van der Waals surface area contributed by atoms with Crippen LogP contribution < -0.4 is 9.47 Å². The normalized spacial score (nSPS) is 11.7. The van der Waals surface area contributed by atoms with Crippen LogP contribution in [-0.2, 0) is 15.6 Å². The minimum Gasteiger partial charge on any atom is -0.497 e. The van der Waals surface area contributed by atoms with Crippen molar-refractivity contribution in [1.29, 1.82) is 0 Å². The minimum atomic E-state index is -1.27. The van der Waals surface area contributed by atoms with E-state index in [2.05, 4.69) is 0 Å². The maximum Gasteiger partial charge on any atom is 0.308 e. The predicted octanol–water partition coefficient (Wildman–Crippen LogP) is 2.79. The Balaban J connectivity index is 2.17. The van der Waals surface area contributed by atoms with Gasteiger partial charge in [0.05, 0.1) is 17.9 Å². The number of esters is 1. The van der Waals surface area contributed by atoms with E-state index < -0.39 is 10.8 Å². The van der Waals surface area contributed by atoms with Crippen LogP contribution in [0.5, 0.6) is 11.5 Å². The maximum atomic E-state index is 12.3. The topological polar surface area (TPSA) is 52.6 Å². The molecule has 0 aliphatic rings. The highest BCUT2D eigenvalue weighted by atomic mass is 32.2. The Hall–Kier alpha value is -2.14.